The van der Waals surface area contributed by atoms with Crippen molar-refractivity contribution >= 4 is 5.97 Å². The van der Waals surface area contributed by atoms with Crippen LogP contribution in [-0.4, -0.2) is 68.3 Å². The molecule has 138 valence electrons. The van der Waals surface area contributed by atoms with Gasteiger partial charge in [-0.3, -0.25) is 9.80 Å². The van der Waals surface area contributed by atoms with Gasteiger partial charge < -0.3 is 9.47 Å². The molecule has 0 amide bonds. The van der Waals surface area contributed by atoms with Crippen molar-refractivity contribution in [2.75, 3.05) is 52.5 Å². The second-order valence-electron chi connectivity index (χ2n) is 6.88. The number of benzene rings is 1. The molecule has 0 radical (unpaired) electrons. The van der Waals surface area contributed by atoms with E-state index in [1.54, 1.807) is 0 Å². The third-order valence-corrected chi connectivity index (χ3v) is 5.10. The SMILES string of the molecule is O=C(OCCN1CCOCC1)[C@@H](c1ccccc1)N1CCCCCC1. The summed E-state index contributed by atoms with van der Waals surface area (Å²) in [7, 11) is 0. The van der Waals surface area contributed by atoms with E-state index in [1.807, 2.05) is 30.3 Å². The molecule has 0 bridgehead atoms. The molecule has 1 atom stereocenters. The van der Waals surface area contributed by atoms with Crippen molar-refractivity contribution in [3.05, 3.63) is 35.9 Å². The maximum absolute atomic E-state index is 12.9. The van der Waals surface area contributed by atoms with Gasteiger partial charge in [0.1, 0.15) is 12.6 Å². The van der Waals surface area contributed by atoms with Crippen LogP contribution in [0, 0.1) is 0 Å². The number of morpholine rings is 1. The number of nitrogens with zero attached hydrogens (tertiary/aromatic N) is 2. The predicted molar refractivity (Wildman–Crippen MR) is 97.4 cm³/mol. The molecular weight excluding hydrogens is 316 g/mol. The molecule has 2 aliphatic rings. The smallest absolute Gasteiger partial charge is 0.328 e. The van der Waals surface area contributed by atoms with Crippen LogP contribution in [0.15, 0.2) is 30.3 Å². The number of rotatable bonds is 6. The van der Waals surface area contributed by atoms with Gasteiger partial charge in [0.25, 0.3) is 0 Å². The number of likely N-dealkylation sites (tertiary alicyclic amines) is 1. The summed E-state index contributed by atoms with van der Waals surface area (Å²) in [5, 5.41) is 0. The van der Waals surface area contributed by atoms with Gasteiger partial charge in [-0.2, -0.15) is 0 Å². The molecule has 0 N–H and O–H groups in total. The first kappa shape index (κ1) is 18.4. The van der Waals surface area contributed by atoms with Gasteiger partial charge in [-0.05, 0) is 31.5 Å². The minimum Gasteiger partial charge on any atom is -0.463 e. The van der Waals surface area contributed by atoms with Crippen molar-refractivity contribution in [2.24, 2.45) is 0 Å². The Balaban J connectivity index is 1.60. The van der Waals surface area contributed by atoms with Gasteiger partial charge in [-0.1, -0.05) is 43.2 Å². The van der Waals surface area contributed by atoms with Crippen LogP contribution in [0.3, 0.4) is 0 Å². The van der Waals surface area contributed by atoms with Crippen LogP contribution in [0.25, 0.3) is 0 Å². The molecule has 1 aromatic rings. The monoisotopic (exact) mass is 346 g/mol. The molecule has 0 saturated carbocycles. The van der Waals surface area contributed by atoms with Gasteiger partial charge in [0.2, 0.25) is 0 Å². The Bertz CT molecular complexity index is 509. The average molecular weight is 346 g/mol. The molecule has 2 saturated heterocycles. The van der Waals surface area contributed by atoms with Gasteiger partial charge in [0.15, 0.2) is 0 Å². The molecule has 2 heterocycles. The van der Waals surface area contributed by atoms with E-state index in [0.717, 1.165) is 64.3 Å². The highest BCUT2D eigenvalue weighted by molar-refractivity contribution is 5.77. The van der Waals surface area contributed by atoms with Crippen molar-refractivity contribution in [1.82, 2.24) is 9.80 Å². The lowest BCUT2D eigenvalue weighted by Gasteiger charge is -2.30. The number of carbonyl (C=O) groups excluding carboxylic acids is 1. The predicted octanol–water partition coefficient (Wildman–Crippen LogP) is 2.48. The summed E-state index contributed by atoms with van der Waals surface area (Å²) in [5.74, 6) is -0.110. The van der Waals surface area contributed by atoms with Crippen LogP contribution < -0.4 is 0 Å². The lowest BCUT2D eigenvalue weighted by atomic mass is 10.1. The lowest BCUT2D eigenvalue weighted by Crippen LogP contribution is -2.40. The van der Waals surface area contributed by atoms with Gasteiger partial charge in [-0.15, -0.1) is 0 Å². The second-order valence-corrected chi connectivity index (χ2v) is 6.88. The van der Waals surface area contributed by atoms with Gasteiger partial charge in [-0.25, -0.2) is 4.79 Å². The molecule has 2 aliphatic heterocycles. The zero-order chi connectivity index (χ0) is 17.3. The summed E-state index contributed by atoms with van der Waals surface area (Å²) in [6.45, 7) is 6.57. The standard InChI is InChI=1S/C20H30N2O3/c23-20(25-17-14-21-12-15-24-16-13-21)19(18-8-4-3-5-9-18)22-10-6-1-2-7-11-22/h3-5,8-9,19H,1-2,6-7,10-17H2/t19-/m1/s1. The van der Waals surface area contributed by atoms with E-state index in [2.05, 4.69) is 9.80 Å². The number of hydrogen-bond acceptors (Lipinski definition) is 5. The van der Waals surface area contributed by atoms with E-state index in [1.165, 1.54) is 12.8 Å². The molecule has 0 spiro atoms. The minimum absolute atomic E-state index is 0.110. The Kier molecular flexibility index (Phi) is 7.27. The van der Waals surface area contributed by atoms with Crippen LogP contribution in [0.4, 0.5) is 0 Å². The molecule has 5 nitrogen and oxygen atoms in total. The van der Waals surface area contributed by atoms with Crippen LogP contribution in [0.2, 0.25) is 0 Å². The Hall–Kier alpha value is -1.43. The largest absolute Gasteiger partial charge is 0.463 e. The van der Waals surface area contributed by atoms with Gasteiger partial charge in [0.05, 0.1) is 13.2 Å². The van der Waals surface area contributed by atoms with Crippen LogP contribution in [0.5, 0.6) is 0 Å². The number of ether oxygens (including phenoxy) is 2. The average Bonchev–Trinajstić information content (AvgIpc) is 2.93. The number of carbonyl (C=O) groups is 1. The molecule has 1 aromatic carbocycles. The lowest BCUT2D eigenvalue weighted by molar-refractivity contribution is -0.151. The van der Waals surface area contributed by atoms with Crippen LogP contribution in [0.1, 0.15) is 37.3 Å². The normalized spacial score (nSPS) is 21.4. The quantitative estimate of drug-likeness (QED) is 0.740. The van der Waals surface area contributed by atoms with Crippen molar-refractivity contribution in [1.29, 1.82) is 0 Å². The Morgan fingerprint density at radius 1 is 1.00 bits per heavy atom. The fraction of sp³-hybridized carbons (Fsp3) is 0.650. The van der Waals surface area contributed by atoms with Gasteiger partial charge in [0, 0.05) is 19.6 Å². The summed E-state index contributed by atoms with van der Waals surface area (Å²) >= 11 is 0. The Labute approximate surface area is 150 Å². The zero-order valence-corrected chi connectivity index (χ0v) is 15.1. The van der Waals surface area contributed by atoms with E-state index in [4.69, 9.17) is 9.47 Å². The summed E-state index contributed by atoms with van der Waals surface area (Å²) < 4.78 is 11.1. The Morgan fingerprint density at radius 2 is 1.68 bits per heavy atom. The molecule has 25 heavy (non-hydrogen) atoms. The van der Waals surface area contributed by atoms with E-state index < -0.39 is 0 Å². The van der Waals surface area contributed by atoms with Crippen molar-refractivity contribution in [2.45, 2.75) is 31.7 Å². The second kappa shape index (κ2) is 9.90. The maximum Gasteiger partial charge on any atom is 0.328 e. The first-order valence-corrected chi connectivity index (χ1v) is 9.60. The highest BCUT2D eigenvalue weighted by Crippen LogP contribution is 2.25. The van der Waals surface area contributed by atoms with Gasteiger partial charge >= 0.3 is 5.97 Å². The molecule has 3 rings (SSSR count). The minimum atomic E-state index is -0.274. The highest BCUT2D eigenvalue weighted by atomic mass is 16.5. The Morgan fingerprint density at radius 3 is 2.36 bits per heavy atom. The maximum atomic E-state index is 12.9. The van der Waals surface area contributed by atoms with E-state index in [0.29, 0.717) is 6.61 Å². The molecule has 5 heteroatoms. The molecular formula is C20H30N2O3. The summed E-state index contributed by atoms with van der Waals surface area (Å²) in [4.78, 5) is 17.5. The fourth-order valence-electron chi connectivity index (χ4n) is 3.66. The number of hydrogen-bond donors (Lipinski definition) is 0. The van der Waals surface area contributed by atoms with E-state index in [-0.39, 0.29) is 12.0 Å². The van der Waals surface area contributed by atoms with E-state index >= 15 is 0 Å². The zero-order valence-electron chi connectivity index (χ0n) is 15.1. The third-order valence-electron chi connectivity index (χ3n) is 5.10. The molecule has 0 aliphatic carbocycles. The number of esters is 1. The van der Waals surface area contributed by atoms with Crippen LogP contribution in [-0.2, 0) is 14.3 Å². The summed E-state index contributed by atoms with van der Waals surface area (Å²) in [6.07, 6.45) is 4.82. The summed E-state index contributed by atoms with van der Waals surface area (Å²) in [5.41, 5.74) is 1.04. The van der Waals surface area contributed by atoms with Crippen molar-refractivity contribution in [3.8, 4) is 0 Å². The first-order chi connectivity index (χ1) is 12.3. The first-order valence-electron chi connectivity index (χ1n) is 9.60. The van der Waals surface area contributed by atoms with Crippen molar-refractivity contribution < 1.29 is 14.3 Å². The summed E-state index contributed by atoms with van der Waals surface area (Å²) in [6, 6.07) is 9.80. The molecule has 2 fully saturated rings. The third kappa shape index (κ3) is 5.53. The van der Waals surface area contributed by atoms with Crippen LogP contribution >= 0.6 is 0 Å². The molecule has 0 aromatic heterocycles. The van der Waals surface area contributed by atoms with Crippen molar-refractivity contribution in [3.63, 3.8) is 0 Å². The molecule has 0 unspecified atom stereocenters. The highest BCUT2D eigenvalue weighted by Gasteiger charge is 2.29. The fourth-order valence-corrected chi connectivity index (χ4v) is 3.66. The topological polar surface area (TPSA) is 42.0 Å². The van der Waals surface area contributed by atoms with E-state index in [9.17, 15) is 4.79 Å².